The average molecular weight is 189 g/mol. The molecule has 0 unspecified atom stereocenters. The Morgan fingerprint density at radius 2 is 1.71 bits per heavy atom. The lowest BCUT2D eigenvalue weighted by Gasteiger charge is -2.05. The number of allylic oxidation sites excluding steroid dienone is 2. The van der Waals surface area contributed by atoms with Crippen molar-refractivity contribution in [2.75, 3.05) is 5.73 Å². The molecule has 2 N–H and O–H groups in total. The van der Waals surface area contributed by atoms with Gasteiger partial charge in [0.05, 0.1) is 0 Å². The number of benzene rings is 1. The standard InChI is InChI=1S/C12H15NO/c1-8(2)9(3)12(14)10-6-4-5-7-11(10)13/h4-7H,13H2,1-3H3. The number of hydrogen-bond acceptors (Lipinski definition) is 2. The summed E-state index contributed by atoms with van der Waals surface area (Å²) in [4.78, 5) is 11.9. The molecular formula is C12H15NO. The maximum absolute atomic E-state index is 11.9. The van der Waals surface area contributed by atoms with E-state index in [2.05, 4.69) is 0 Å². The zero-order valence-electron chi connectivity index (χ0n) is 8.79. The van der Waals surface area contributed by atoms with Crippen LogP contribution in [0.1, 0.15) is 31.1 Å². The first-order valence-corrected chi connectivity index (χ1v) is 4.57. The molecule has 0 bridgehead atoms. The van der Waals surface area contributed by atoms with Gasteiger partial charge in [-0.15, -0.1) is 0 Å². The lowest BCUT2D eigenvalue weighted by Crippen LogP contribution is -2.05. The molecule has 0 amide bonds. The average Bonchev–Trinajstić information content (AvgIpc) is 2.16. The predicted octanol–water partition coefficient (Wildman–Crippen LogP) is 2.81. The summed E-state index contributed by atoms with van der Waals surface area (Å²) in [6, 6.07) is 7.14. The third-order valence-corrected chi connectivity index (χ3v) is 2.30. The van der Waals surface area contributed by atoms with Gasteiger partial charge in [0.25, 0.3) is 0 Å². The van der Waals surface area contributed by atoms with Crippen molar-refractivity contribution in [1.82, 2.24) is 0 Å². The molecule has 2 heteroatoms. The van der Waals surface area contributed by atoms with Crippen LogP contribution in [-0.2, 0) is 0 Å². The molecule has 0 aliphatic carbocycles. The van der Waals surface area contributed by atoms with Crippen molar-refractivity contribution in [1.29, 1.82) is 0 Å². The van der Waals surface area contributed by atoms with Gasteiger partial charge in [-0.3, -0.25) is 4.79 Å². The lowest BCUT2D eigenvalue weighted by molar-refractivity contribution is 0.103. The van der Waals surface area contributed by atoms with Crippen molar-refractivity contribution in [3.63, 3.8) is 0 Å². The number of carbonyl (C=O) groups is 1. The second kappa shape index (κ2) is 4.09. The van der Waals surface area contributed by atoms with E-state index in [9.17, 15) is 4.79 Å². The van der Waals surface area contributed by atoms with Gasteiger partial charge in [-0.2, -0.15) is 0 Å². The molecule has 0 atom stereocenters. The van der Waals surface area contributed by atoms with Crippen LogP contribution in [0.4, 0.5) is 5.69 Å². The largest absolute Gasteiger partial charge is 0.398 e. The summed E-state index contributed by atoms with van der Waals surface area (Å²) in [5, 5.41) is 0. The highest BCUT2D eigenvalue weighted by molar-refractivity contribution is 6.11. The van der Waals surface area contributed by atoms with E-state index < -0.39 is 0 Å². The van der Waals surface area contributed by atoms with Crippen LogP contribution in [0, 0.1) is 0 Å². The fourth-order valence-electron chi connectivity index (χ4n) is 1.13. The molecule has 1 aromatic rings. The Balaban J connectivity index is 3.15. The molecule has 0 aliphatic rings. The summed E-state index contributed by atoms with van der Waals surface area (Å²) in [6.07, 6.45) is 0. The first kappa shape index (κ1) is 10.5. The SMILES string of the molecule is CC(C)=C(C)C(=O)c1ccccc1N. The molecular weight excluding hydrogens is 174 g/mol. The molecule has 0 saturated heterocycles. The van der Waals surface area contributed by atoms with Gasteiger partial charge in [0.15, 0.2) is 5.78 Å². The summed E-state index contributed by atoms with van der Waals surface area (Å²) in [5.74, 6) is 0.0168. The summed E-state index contributed by atoms with van der Waals surface area (Å²) in [5.41, 5.74) is 8.64. The normalized spacial score (nSPS) is 9.64. The molecule has 1 aromatic carbocycles. The van der Waals surface area contributed by atoms with Crippen LogP contribution in [0.5, 0.6) is 0 Å². The summed E-state index contributed by atoms with van der Waals surface area (Å²) in [7, 11) is 0. The number of nitrogen functional groups attached to an aromatic ring is 1. The van der Waals surface area contributed by atoms with Crippen LogP contribution in [0.2, 0.25) is 0 Å². The van der Waals surface area contributed by atoms with Crippen LogP contribution in [0.3, 0.4) is 0 Å². The molecule has 14 heavy (non-hydrogen) atoms. The van der Waals surface area contributed by atoms with Crippen LogP contribution in [0.15, 0.2) is 35.4 Å². The van der Waals surface area contributed by atoms with Crippen molar-refractivity contribution in [3.8, 4) is 0 Å². The third-order valence-electron chi connectivity index (χ3n) is 2.30. The summed E-state index contributed by atoms with van der Waals surface area (Å²) < 4.78 is 0. The Bertz CT molecular complexity index is 387. The van der Waals surface area contributed by atoms with E-state index in [1.165, 1.54) is 0 Å². The second-order valence-electron chi connectivity index (χ2n) is 3.54. The van der Waals surface area contributed by atoms with Gasteiger partial charge in [-0.1, -0.05) is 17.7 Å². The number of carbonyl (C=O) groups excluding carboxylic acids is 1. The van der Waals surface area contributed by atoms with Gasteiger partial charge >= 0.3 is 0 Å². The molecule has 74 valence electrons. The number of rotatable bonds is 2. The van der Waals surface area contributed by atoms with E-state index >= 15 is 0 Å². The van der Waals surface area contributed by atoms with E-state index in [0.29, 0.717) is 11.3 Å². The Morgan fingerprint density at radius 1 is 1.14 bits per heavy atom. The highest BCUT2D eigenvalue weighted by Gasteiger charge is 2.11. The van der Waals surface area contributed by atoms with Crippen molar-refractivity contribution in [2.45, 2.75) is 20.8 Å². The number of para-hydroxylation sites is 1. The predicted molar refractivity (Wildman–Crippen MR) is 59.2 cm³/mol. The number of Topliss-reactive ketones (excluding diaryl/α,β-unsaturated/α-hetero) is 1. The molecule has 0 radical (unpaired) electrons. The Hall–Kier alpha value is -1.57. The van der Waals surface area contributed by atoms with Gasteiger partial charge in [0.2, 0.25) is 0 Å². The topological polar surface area (TPSA) is 43.1 Å². The van der Waals surface area contributed by atoms with Crippen LogP contribution >= 0.6 is 0 Å². The first-order valence-electron chi connectivity index (χ1n) is 4.57. The van der Waals surface area contributed by atoms with Crippen LogP contribution < -0.4 is 5.73 Å². The minimum Gasteiger partial charge on any atom is -0.398 e. The molecule has 0 aromatic heterocycles. The van der Waals surface area contributed by atoms with E-state index in [0.717, 1.165) is 11.1 Å². The summed E-state index contributed by atoms with van der Waals surface area (Å²) >= 11 is 0. The molecule has 1 rings (SSSR count). The Morgan fingerprint density at radius 3 is 2.21 bits per heavy atom. The van der Waals surface area contributed by atoms with E-state index in [4.69, 9.17) is 5.73 Å². The van der Waals surface area contributed by atoms with Crippen molar-refractivity contribution in [2.24, 2.45) is 0 Å². The number of hydrogen-bond donors (Lipinski definition) is 1. The molecule has 0 spiro atoms. The third kappa shape index (κ3) is 2.02. The maximum Gasteiger partial charge on any atom is 0.190 e. The minimum absolute atomic E-state index is 0.0168. The maximum atomic E-state index is 11.9. The van der Waals surface area contributed by atoms with E-state index in [1.807, 2.05) is 32.9 Å². The van der Waals surface area contributed by atoms with Gasteiger partial charge in [-0.05, 0) is 38.5 Å². The Labute approximate surface area is 84.4 Å². The smallest absolute Gasteiger partial charge is 0.190 e. The second-order valence-corrected chi connectivity index (χ2v) is 3.54. The molecule has 0 saturated carbocycles. The van der Waals surface area contributed by atoms with Gasteiger partial charge in [0, 0.05) is 11.3 Å². The van der Waals surface area contributed by atoms with Crippen LogP contribution in [0.25, 0.3) is 0 Å². The van der Waals surface area contributed by atoms with Crippen molar-refractivity contribution >= 4 is 11.5 Å². The minimum atomic E-state index is 0.0168. The van der Waals surface area contributed by atoms with Gasteiger partial charge in [-0.25, -0.2) is 0 Å². The zero-order valence-corrected chi connectivity index (χ0v) is 8.79. The number of ketones is 1. The van der Waals surface area contributed by atoms with Crippen LogP contribution in [-0.4, -0.2) is 5.78 Å². The van der Waals surface area contributed by atoms with Gasteiger partial charge in [0.1, 0.15) is 0 Å². The van der Waals surface area contributed by atoms with E-state index in [1.54, 1.807) is 12.1 Å². The van der Waals surface area contributed by atoms with E-state index in [-0.39, 0.29) is 5.78 Å². The lowest BCUT2D eigenvalue weighted by atomic mass is 10.00. The monoisotopic (exact) mass is 189 g/mol. The van der Waals surface area contributed by atoms with Gasteiger partial charge < -0.3 is 5.73 Å². The molecule has 0 aliphatic heterocycles. The fourth-order valence-corrected chi connectivity index (χ4v) is 1.13. The number of anilines is 1. The summed E-state index contributed by atoms with van der Waals surface area (Å²) in [6.45, 7) is 5.67. The first-order chi connectivity index (χ1) is 6.54. The quantitative estimate of drug-likeness (QED) is 0.441. The number of nitrogens with two attached hydrogens (primary N) is 1. The molecule has 0 heterocycles. The zero-order chi connectivity index (χ0) is 10.7. The highest BCUT2D eigenvalue weighted by atomic mass is 16.1. The van der Waals surface area contributed by atoms with Crippen molar-refractivity contribution < 1.29 is 4.79 Å². The molecule has 0 fully saturated rings. The molecule has 2 nitrogen and oxygen atoms in total. The fraction of sp³-hybridized carbons (Fsp3) is 0.250. The highest BCUT2D eigenvalue weighted by Crippen LogP contribution is 2.17. The Kier molecular flexibility index (Phi) is 3.07. The van der Waals surface area contributed by atoms with Crippen molar-refractivity contribution in [3.05, 3.63) is 41.0 Å².